The summed E-state index contributed by atoms with van der Waals surface area (Å²) in [7, 11) is 0. The molecule has 62 valence electrons. The van der Waals surface area contributed by atoms with E-state index in [4.69, 9.17) is 0 Å². The SMILES string of the molecule is C=C1CC(C(C)=O)CC1(C)C. The Morgan fingerprint density at radius 3 is 2.36 bits per heavy atom. The second kappa shape index (κ2) is 2.47. The van der Waals surface area contributed by atoms with E-state index in [2.05, 4.69) is 20.4 Å². The minimum absolute atomic E-state index is 0.191. The van der Waals surface area contributed by atoms with Gasteiger partial charge in [-0.1, -0.05) is 26.0 Å². The molecule has 1 fully saturated rings. The van der Waals surface area contributed by atoms with E-state index in [-0.39, 0.29) is 11.3 Å². The van der Waals surface area contributed by atoms with E-state index in [1.165, 1.54) is 5.57 Å². The average molecular weight is 152 g/mol. The molecule has 0 amide bonds. The van der Waals surface area contributed by atoms with Crippen LogP contribution in [0.3, 0.4) is 0 Å². The summed E-state index contributed by atoms with van der Waals surface area (Å²) in [6, 6.07) is 0. The van der Waals surface area contributed by atoms with Crippen LogP contribution in [0.5, 0.6) is 0 Å². The van der Waals surface area contributed by atoms with E-state index >= 15 is 0 Å². The molecule has 0 bridgehead atoms. The minimum atomic E-state index is 0.191. The summed E-state index contributed by atoms with van der Waals surface area (Å²) in [5.74, 6) is 0.564. The van der Waals surface area contributed by atoms with Gasteiger partial charge in [-0.2, -0.15) is 0 Å². The fourth-order valence-corrected chi connectivity index (χ4v) is 1.69. The van der Waals surface area contributed by atoms with Gasteiger partial charge in [-0.25, -0.2) is 0 Å². The maximum absolute atomic E-state index is 11.0. The molecule has 0 aromatic rings. The van der Waals surface area contributed by atoms with Crippen molar-refractivity contribution in [2.75, 3.05) is 0 Å². The minimum Gasteiger partial charge on any atom is -0.300 e. The predicted molar refractivity (Wildman–Crippen MR) is 46.3 cm³/mol. The van der Waals surface area contributed by atoms with E-state index in [0.29, 0.717) is 5.78 Å². The van der Waals surface area contributed by atoms with Crippen LogP contribution in [0.25, 0.3) is 0 Å². The molecular formula is C10H16O. The van der Waals surface area contributed by atoms with Crippen molar-refractivity contribution < 1.29 is 4.79 Å². The summed E-state index contributed by atoms with van der Waals surface area (Å²) >= 11 is 0. The average Bonchev–Trinajstić information content (AvgIpc) is 2.08. The van der Waals surface area contributed by atoms with Gasteiger partial charge in [0.05, 0.1) is 0 Å². The highest BCUT2D eigenvalue weighted by Gasteiger charge is 2.36. The van der Waals surface area contributed by atoms with Crippen molar-refractivity contribution in [3.05, 3.63) is 12.2 Å². The summed E-state index contributed by atoms with van der Waals surface area (Å²) < 4.78 is 0. The van der Waals surface area contributed by atoms with Gasteiger partial charge in [0, 0.05) is 5.92 Å². The lowest BCUT2D eigenvalue weighted by atomic mass is 9.87. The van der Waals surface area contributed by atoms with Crippen molar-refractivity contribution in [1.29, 1.82) is 0 Å². The molecule has 1 unspecified atom stereocenters. The normalized spacial score (nSPS) is 29.0. The van der Waals surface area contributed by atoms with Crippen LogP contribution in [-0.4, -0.2) is 5.78 Å². The van der Waals surface area contributed by atoms with Gasteiger partial charge < -0.3 is 0 Å². The van der Waals surface area contributed by atoms with Crippen LogP contribution >= 0.6 is 0 Å². The fraction of sp³-hybridized carbons (Fsp3) is 0.700. The van der Waals surface area contributed by atoms with Crippen molar-refractivity contribution in [1.82, 2.24) is 0 Å². The third-order valence-electron chi connectivity index (χ3n) is 2.78. The molecule has 0 spiro atoms. The molecule has 1 nitrogen and oxygen atoms in total. The van der Waals surface area contributed by atoms with Gasteiger partial charge in [-0.15, -0.1) is 0 Å². The van der Waals surface area contributed by atoms with Crippen LogP contribution in [0.15, 0.2) is 12.2 Å². The zero-order valence-electron chi connectivity index (χ0n) is 7.61. The zero-order valence-corrected chi connectivity index (χ0v) is 7.61. The number of ketones is 1. The molecule has 1 heteroatoms. The van der Waals surface area contributed by atoms with Crippen LogP contribution in [0.4, 0.5) is 0 Å². The van der Waals surface area contributed by atoms with Gasteiger partial charge >= 0.3 is 0 Å². The Balaban J connectivity index is 2.72. The van der Waals surface area contributed by atoms with E-state index in [0.717, 1.165) is 12.8 Å². The molecule has 1 aliphatic carbocycles. The molecule has 11 heavy (non-hydrogen) atoms. The molecule has 0 saturated heterocycles. The number of hydrogen-bond donors (Lipinski definition) is 0. The summed E-state index contributed by atoms with van der Waals surface area (Å²) in [4.78, 5) is 11.0. The first kappa shape index (κ1) is 8.51. The van der Waals surface area contributed by atoms with Crippen molar-refractivity contribution in [2.24, 2.45) is 11.3 Å². The topological polar surface area (TPSA) is 17.1 Å². The van der Waals surface area contributed by atoms with E-state index in [1.54, 1.807) is 6.92 Å². The molecule has 0 aromatic heterocycles. The lowest BCUT2D eigenvalue weighted by Gasteiger charge is -2.18. The predicted octanol–water partition coefficient (Wildman–Crippen LogP) is 2.57. The molecule has 0 aromatic carbocycles. The number of allylic oxidation sites excluding steroid dienone is 1. The largest absolute Gasteiger partial charge is 0.300 e. The third kappa shape index (κ3) is 1.52. The van der Waals surface area contributed by atoms with Crippen LogP contribution in [0.1, 0.15) is 33.6 Å². The molecule has 1 atom stereocenters. The Hall–Kier alpha value is -0.590. The Bertz CT molecular complexity index is 201. The monoisotopic (exact) mass is 152 g/mol. The summed E-state index contributed by atoms with van der Waals surface area (Å²) in [6.07, 6.45) is 1.89. The lowest BCUT2D eigenvalue weighted by Crippen LogP contribution is -2.10. The molecule has 1 aliphatic rings. The number of Topliss-reactive ketones (excluding diaryl/α,β-unsaturated/α-hetero) is 1. The number of carbonyl (C=O) groups excluding carboxylic acids is 1. The van der Waals surface area contributed by atoms with Crippen molar-refractivity contribution in [3.63, 3.8) is 0 Å². The highest BCUT2D eigenvalue weighted by Crippen LogP contribution is 2.44. The van der Waals surface area contributed by atoms with Crippen LogP contribution in [-0.2, 0) is 4.79 Å². The quantitative estimate of drug-likeness (QED) is 0.528. The van der Waals surface area contributed by atoms with Gasteiger partial charge in [-0.3, -0.25) is 4.79 Å². The molecule has 1 saturated carbocycles. The first-order valence-electron chi connectivity index (χ1n) is 4.12. The highest BCUT2D eigenvalue weighted by molar-refractivity contribution is 5.79. The zero-order chi connectivity index (χ0) is 8.65. The highest BCUT2D eigenvalue weighted by atomic mass is 16.1. The molecule has 0 radical (unpaired) electrons. The van der Waals surface area contributed by atoms with E-state index in [1.807, 2.05) is 0 Å². The molecule has 0 N–H and O–H groups in total. The smallest absolute Gasteiger partial charge is 0.133 e. The molecule has 0 heterocycles. The second-order valence-corrected chi connectivity index (χ2v) is 4.20. The van der Waals surface area contributed by atoms with E-state index < -0.39 is 0 Å². The second-order valence-electron chi connectivity index (χ2n) is 4.20. The Kier molecular flexibility index (Phi) is 1.91. The van der Waals surface area contributed by atoms with Crippen molar-refractivity contribution >= 4 is 5.78 Å². The summed E-state index contributed by atoms with van der Waals surface area (Å²) in [5.41, 5.74) is 1.42. The van der Waals surface area contributed by atoms with Crippen LogP contribution in [0, 0.1) is 11.3 Å². The van der Waals surface area contributed by atoms with Gasteiger partial charge in [0.15, 0.2) is 0 Å². The number of carbonyl (C=O) groups is 1. The van der Waals surface area contributed by atoms with Gasteiger partial charge in [0.2, 0.25) is 0 Å². The molecular weight excluding hydrogens is 136 g/mol. The number of hydrogen-bond acceptors (Lipinski definition) is 1. The Morgan fingerprint density at radius 1 is 1.64 bits per heavy atom. The first-order chi connectivity index (χ1) is 4.93. The standard InChI is InChI=1S/C10H16O/c1-7-5-9(8(2)11)6-10(7,3)4/h9H,1,5-6H2,2-4H3. The van der Waals surface area contributed by atoms with Gasteiger partial charge in [-0.05, 0) is 25.2 Å². The Labute approximate surface area is 68.5 Å². The maximum atomic E-state index is 11.0. The van der Waals surface area contributed by atoms with Crippen molar-refractivity contribution in [2.45, 2.75) is 33.6 Å². The lowest BCUT2D eigenvalue weighted by molar-refractivity contribution is -0.120. The van der Waals surface area contributed by atoms with Gasteiger partial charge in [0.1, 0.15) is 5.78 Å². The summed E-state index contributed by atoms with van der Waals surface area (Å²) in [5, 5.41) is 0. The Morgan fingerprint density at radius 2 is 2.18 bits per heavy atom. The van der Waals surface area contributed by atoms with Crippen LogP contribution < -0.4 is 0 Å². The maximum Gasteiger partial charge on any atom is 0.133 e. The molecule has 1 rings (SSSR count). The third-order valence-corrected chi connectivity index (χ3v) is 2.78. The van der Waals surface area contributed by atoms with Crippen molar-refractivity contribution in [3.8, 4) is 0 Å². The number of rotatable bonds is 1. The van der Waals surface area contributed by atoms with E-state index in [9.17, 15) is 4.79 Å². The van der Waals surface area contributed by atoms with Crippen LogP contribution in [0.2, 0.25) is 0 Å². The summed E-state index contributed by atoms with van der Waals surface area (Å²) in [6.45, 7) is 10.00. The van der Waals surface area contributed by atoms with Gasteiger partial charge in [0.25, 0.3) is 0 Å². The fourth-order valence-electron chi connectivity index (χ4n) is 1.69. The molecule has 0 aliphatic heterocycles. The first-order valence-corrected chi connectivity index (χ1v) is 4.12.